The number of halogens is 1. The highest BCUT2D eigenvalue weighted by atomic mass is 35.5. The Balaban J connectivity index is 2.16. The van der Waals surface area contributed by atoms with Gasteiger partial charge in [-0.3, -0.25) is 4.79 Å². The Labute approximate surface area is 120 Å². The maximum absolute atomic E-state index is 12.6. The summed E-state index contributed by atoms with van der Waals surface area (Å²) in [6.07, 6.45) is 6.28. The third-order valence-corrected chi connectivity index (χ3v) is 3.79. The van der Waals surface area contributed by atoms with E-state index >= 15 is 0 Å². The second kappa shape index (κ2) is 6.38. The molecule has 0 radical (unpaired) electrons. The van der Waals surface area contributed by atoms with E-state index in [1.165, 1.54) is 12.8 Å². The van der Waals surface area contributed by atoms with Gasteiger partial charge in [0.05, 0.1) is 5.56 Å². The van der Waals surface area contributed by atoms with E-state index in [-0.39, 0.29) is 5.91 Å². The van der Waals surface area contributed by atoms with Crippen LogP contribution in [0.4, 0.5) is 0 Å². The molecule has 19 heavy (non-hydrogen) atoms. The van der Waals surface area contributed by atoms with Crippen molar-refractivity contribution in [3.05, 3.63) is 29.0 Å². The van der Waals surface area contributed by atoms with E-state index in [0.29, 0.717) is 22.7 Å². The number of pyridine rings is 1. The van der Waals surface area contributed by atoms with E-state index in [1.54, 1.807) is 18.3 Å². The lowest BCUT2D eigenvalue weighted by molar-refractivity contribution is 0.0655. The van der Waals surface area contributed by atoms with Gasteiger partial charge in [-0.2, -0.15) is 0 Å². The highest BCUT2D eigenvalue weighted by Gasteiger charge is 2.27. The van der Waals surface area contributed by atoms with Crippen molar-refractivity contribution >= 4 is 17.5 Å². The summed E-state index contributed by atoms with van der Waals surface area (Å²) in [5, 5.41) is 0.424. The highest BCUT2D eigenvalue weighted by Crippen LogP contribution is 2.25. The van der Waals surface area contributed by atoms with Crippen molar-refractivity contribution in [1.29, 1.82) is 0 Å². The van der Waals surface area contributed by atoms with E-state index in [9.17, 15) is 4.79 Å². The Morgan fingerprint density at radius 3 is 2.63 bits per heavy atom. The first-order valence-corrected chi connectivity index (χ1v) is 7.38. The van der Waals surface area contributed by atoms with Crippen LogP contribution < -0.4 is 0 Å². The van der Waals surface area contributed by atoms with Crippen molar-refractivity contribution in [2.24, 2.45) is 5.92 Å². The number of nitrogens with zero attached hydrogens (tertiary/aromatic N) is 2. The summed E-state index contributed by atoms with van der Waals surface area (Å²) in [7, 11) is 0. The predicted molar refractivity (Wildman–Crippen MR) is 77.4 cm³/mol. The number of amides is 1. The average Bonchev–Trinajstić information content (AvgIpc) is 2.89. The first-order valence-electron chi connectivity index (χ1n) is 7.00. The predicted octanol–water partition coefficient (Wildman–Crippen LogP) is 3.78. The molecule has 0 bridgehead atoms. The lowest BCUT2D eigenvalue weighted by Gasteiger charge is -2.30. The van der Waals surface area contributed by atoms with E-state index in [1.807, 2.05) is 4.90 Å². The van der Waals surface area contributed by atoms with Crippen molar-refractivity contribution in [3.63, 3.8) is 0 Å². The van der Waals surface area contributed by atoms with E-state index in [0.717, 1.165) is 19.4 Å². The molecule has 2 rings (SSSR count). The third-order valence-electron chi connectivity index (χ3n) is 3.56. The lowest BCUT2D eigenvalue weighted by atomic mass is 10.1. The molecule has 104 valence electrons. The lowest BCUT2D eigenvalue weighted by Crippen LogP contribution is -2.41. The van der Waals surface area contributed by atoms with Crippen molar-refractivity contribution in [3.8, 4) is 0 Å². The largest absolute Gasteiger partial charge is 0.335 e. The Bertz CT molecular complexity index is 424. The van der Waals surface area contributed by atoms with Gasteiger partial charge >= 0.3 is 0 Å². The molecule has 0 unspecified atom stereocenters. The van der Waals surface area contributed by atoms with Crippen LogP contribution in [0.1, 0.15) is 49.9 Å². The van der Waals surface area contributed by atoms with Crippen molar-refractivity contribution in [1.82, 2.24) is 9.88 Å². The van der Waals surface area contributed by atoms with Gasteiger partial charge in [0.1, 0.15) is 5.15 Å². The monoisotopic (exact) mass is 280 g/mol. The Hall–Kier alpha value is -1.09. The summed E-state index contributed by atoms with van der Waals surface area (Å²) in [4.78, 5) is 18.7. The molecule has 1 amide bonds. The Morgan fingerprint density at radius 2 is 2.11 bits per heavy atom. The number of rotatable bonds is 4. The van der Waals surface area contributed by atoms with Crippen LogP contribution in [0.5, 0.6) is 0 Å². The summed E-state index contributed by atoms with van der Waals surface area (Å²) < 4.78 is 0. The number of carbonyl (C=O) groups is 1. The maximum Gasteiger partial charge on any atom is 0.255 e. The molecule has 0 spiro atoms. The first kappa shape index (κ1) is 14.3. The van der Waals surface area contributed by atoms with Gasteiger partial charge in [0.25, 0.3) is 5.91 Å². The summed E-state index contributed by atoms with van der Waals surface area (Å²) in [5.74, 6) is 0.564. The van der Waals surface area contributed by atoms with Crippen molar-refractivity contribution < 1.29 is 4.79 Å². The van der Waals surface area contributed by atoms with Gasteiger partial charge in [0.15, 0.2) is 0 Å². The molecule has 1 aliphatic rings. The second-order valence-electron chi connectivity index (χ2n) is 5.66. The zero-order chi connectivity index (χ0) is 13.8. The molecule has 1 aliphatic carbocycles. The van der Waals surface area contributed by atoms with Crippen LogP contribution >= 0.6 is 11.6 Å². The third kappa shape index (κ3) is 3.69. The van der Waals surface area contributed by atoms with E-state index in [4.69, 9.17) is 11.6 Å². The fraction of sp³-hybridized carbons (Fsp3) is 0.600. The molecule has 0 aliphatic heterocycles. The number of aromatic nitrogens is 1. The van der Waals surface area contributed by atoms with Crippen LogP contribution in [0.15, 0.2) is 18.3 Å². The summed E-state index contributed by atoms with van der Waals surface area (Å²) in [6.45, 7) is 5.11. The highest BCUT2D eigenvalue weighted by molar-refractivity contribution is 6.29. The minimum atomic E-state index is 0.0877. The van der Waals surface area contributed by atoms with Crippen LogP contribution in [-0.2, 0) is 0 Å². The standard InChI is InChI=1S/C15H21ClN2O/c1-11(2)10-18(13-5-3-4-6-13)15(19)12-7-8-14(16)17-9-12/h7-9,11,13H,3-6,10H2,1-2H3. The normalized spacial score (nSPS) is 16.0. The summed E-state index contributed by atoms with van der Waals surface area (Å²) >= 11 is 5.77. The van der Waals surface area contributed by atoms with Crippen LogP contribution in [0.2, 0.25) is 5.15 Å². The van der Waals surface area contributed by atoms with E-state index in [2.05, 4.69) is 18.8 Å². The molecule has 1 saturated carbocycles. The molecular formula is C15H21ClN2O. The van der Waals surface area contributed by atoms with Crippen LogP contribution in [0.3, 0.4) is 0 Å². The zero-order valence-electron chi connectivity index (χ0n) is 11.6. The van der Waals surface area contributed by atoms with Gasteiger partial charge in [0.2, 0.25) is 0 Å². The number of carbonyl (C=O) groups excluding carboxylic acids is 1. The molecule has 1 heterocycles. The van der Waals surface area contributed by atoms with Crippen LogP contribution in [0, 0.1) is 5.92 Å². The molecule has 0 N–H and O–H groups in total. The minimum absolute atomic E-state index is 0.0877. The molecule has 3 nitrogen and oxygen atoms in total. The van der Waals surface area contributed by atoms with Crippen molar-refractivity contribution in [2.45, 2.75) is 45.6 Å². The minimum Gasteiger partial charge on any atom is -0.335 e. The smallest absolute Gasteiger partial charge is 0.255 e. The van der Waals surface area contributed by atoms with Gasteiger partial charge < -0.3 is 4.90 Å². The van der Waals surface area contributed by atoms with Gasteiger partial charge in [-0.1, -0.05) is 38.3 Å². The Kier molecular flexibility index (Phi) is 4.81. The molecular weight excluding hydrogens is 260 g/mol. The first-order chi connectivity index (χ1) is 9.08. The molecule has 1 aromatic rings. The van der Waals surface area contributed by atoms with Crippen LogP contribution in [-0.4, -0.2) is 28.4 Å². The average molecular weight is 281 g/mol. The van der Waals surface area contributed by atoms with Gasteiger partial charge in [-0.05, 0) is 30.9 Å². The second-order valence-corrected chi connectivity index (χ2v) is 6.05. The van der Waals surface area contributed by atoms with Gasteiger partial charge in [-0.25, -0.2) is 4.98 Å². The Morgan fingerprint density at radius 1 is 1.42 bits per heavy atom. The number of hydrogen-bond donors (Lipinski definition) is 0. The molecule has 0 aromatic carbocycles. The van der Waals surface area contributed by atoms with Gasteiger partial charge in [-0.15, -0.1) is 0 Å². The van der Waals surface area contributed by atoms with Gasteiger partial charge in [0, 0.05) is 18.8 Å². The number of hydrogen-bond acceptors (Lipinski definition) is 2. The fourth-order valence-corrected chi connectivity index (χ4v) is 2.79. The SMILES string of the molecule is CC(C)CN(C(=O)c1ccc(Cl)nc1)C1CCCC1. The zero-order valence-corrected chi connectivity index (χ0v) is 12.4. The molecule has 0 saturated heterocycles. The topological polar surface area (TPSA) is 33.2 Å². The van der Waals surface area contributed by atoms with Crippen molar-refractivity contribution in [2.75, 3.05) is 6.54 Å². The molecule has 4 heteroatoms. The van der Waals surface area contributed by atoms with E-state index < -0.39 is 0 Å². The quantitative estimate of drug-likeness (QED) is 0.787. The molecule has 0 atom stereocenters. The fourth-order valence-electron chi connectivity index (χ4n) is 2.68. The van der Waals surface area contributed by atoms with Crippen LogP contribution in [0.25, 0.3) is 0 Å². The summed E-state index contributed by atoms with van der Waals surface area (Å²) in [6, 6.07) is 3.84. The molecule has 1 aromatic heterocycles. The summed E-state index contributed by atoms with van der Waals surface area (Å²) in [5.41, 5.74) is 0.636. The maximum atomic E-state index is 12.6. The molecule has 1 fully saturated rings.